The fourth-order valence-corrected chi connectivity index (χ4v) is 2.91. The van der Waals surface area contributed by atoms with Crippen LogP contribution in [0, 0.1) is 5.92 Å². The summed E-state index contributed by atoms with van der Waals surface area (Å²) < 4.78 is 5.59. The number of aliphatic hydroxyl groups is 1. The quantitative estimate of drug-likeness (QED) is 0.526. The molecule has 20 heavy (non-hydrogen) atoms. The van der Waals surface area contributed by atoms with E-state index >= 15 is 0 Å². The number of aliphatic hydroxyl groups excluding tert-OH is 1. The van der Waals surface area contributed by atoms with Crippen LogP contribution in [0.3, 0.4) is 0 Å². The van der Waals surface area contributed by atoms with E-state index in [0.29, 0.717) is 12.3 Å². The molecule has 0 spiro atoms. The van der Waals surface area contributed by atoms with E-state index in [9.17, 15) is 9.90 Å². The van der Waals surface area contributed by atoms with Crippen LogP contribution in [-0.2, 0) is 9.53 Å². The van der Waals surface area contributed by atoms with E-state index in [4.69, 9.17) is 4.74 Å². The minimum atomic E-state index is -0.957. The van der Waals surface area contributed by atoms with Crippen molar-refractivity contribution < 1.29 is 20.0 Å². The maximum absolute atomic E-state index is 12.0. The van der Waals surface area contributed by atoms with E-state index in [1.807, 2.05) is 13.8 Å². The lowest BCUT2D eigenvalue weighted by Gasteiger charge is -2.36. The summed E-state index contributed by atoms with van der Waals surface area (Å²) in [7, 11) is 0. The molecular formula is C16H32NO3+. The summed E-state index contributed by atoms with van der Waals surface area (Å²) in [6.45, 7) is 8.31. The lowest BCUT2D eigenvalue weighted by Crippen LogP contribution is -2.86. The molecule has 1 heterocycles. The van der Waals surface area contributed by atoms with E-state index in [-0.39, 0.29) is 0 Å². The molecule has 0 aromatic heterocycles. The van der Waals surface area contributed by atoms with Gasteiger partial charge in [-0.25, -0.2) is 4.79 Å². The van der Waals surface area contributed by atoms with Gasteiger partial charge >= 0.3 is 5.97 Å². The monoisotopic (exact) mass is 286 g/mol. The molecule has 1 aliphatic heterocycles. The Labute approximate surface area is 123 Å². The van der Waals surface area contributed by atoms with Gasteiger partial charge in [0, 0.05) is 18.8 Å². The number of carbonyl (C=O) groups is 1. The van der Waals surface area contributed by atoms with Crippen LogP contribution in [0.5, 0.6) is 0 Å². The summed E-state index contributed by atoms with van der Waals surface area (Å²) in [5.74, 6) is -0.0372. The summed E-state index contributed by atoms with van der Waals surface area (Å²) >= 11 is 0. The van der Waals surface area contributed by atoms with Crippen LogP contribution >= 0.6 is 0 Å². The largest absolute Gasteiger partial charge is 0.457 e. The zero-order chi connectivity index (χ0) is 15.0. The number of piperidine rings is 1. The third kappa shape index (κ3) is 5.80. The zero-order valence-corrected chi connectivity index (χ0v) is 13.4. The first-order valence-corrected chi connectivity index (χ1v) is 8.20. The lowest BCUT2D eigenvalue weighted by molar-refractivity contribution is -0.665. The number of esters is 1. The van der Waals surface area contributed by atoms with E-state index in [1.54, 1.807) is 0 Å². The van der Waals surface area contributed by atoms with Gasteiger partial charge in [-0.3, -0.25) is 0 Å². The van der Waals surface area contributed by atoms with E-state index < -0.39 is 17.7 Å². The highest BCUT2D eigenvalue weighted by molar-refractivity contribution is 5.74. The Morgan fingerprint density at radius 3 is 2.55 bits per heavy atom. The number of carbonyl (C=O) groups excluding carboxylic acids is 1. The van der Waals surface area contributed by atoms with Gasteiger partial charge in [0.05, 0.1) is 13.1 Å². The fraction of sp³-hybridized carbons (Fsp3) is 0.938. The van der Waals surface area contributed by atoms with Gasteiger partial charge in [-0.15, -0.1) is 0 Å². The standard InChI is InChI=1S/C16H31NO3/c1-4-5-6-7-8-14(18)15(19)20-16(2,3)13-9-11-17-12-10-13/h13-14,17-18H,4-12H2,1-3H3/p+1. The smallest absolute Gasteiger partial charge is 0.335 e. The Morgan fingerprint density at radius 2 is 1.95 bits per heavy atom. The topological polar surface area (TPSA) is 63.1 Å². The summed E-state index contributed by atoms with van der Waals surface area (Å²) in [5.41, 5.74) is -0.463. The van der Waals surface area contributed by atoms with Crippen LogP contribution < -0.4 is 5.32 Å². The van der Waals surface area contributed by atoms with Crippen LogP contribution in [0.4, 0.5) is 0 Å². The van der Waals surface area contributed by atoms with Gasteiger partial charge in [-0.2, -0.15) is 0 Å². The van der Waals surface area contributed by atoms with E-state index in [2.05, 4.69) is 12.2 Å². The van der Waals surface area contributed by atoms with Crippen molar-refractivity contribution in [1.82, 2.24) is 0 Å². The number of ether oxygens (including phenoxy) is 1. The van der Waals surface area contributed by atoms with Crippen molar-refractivity contribution >= 4 is 5.97 Å². The maximum Gasteiger partial charge on any atom is 0.335 e. The van der Waals surface area contributed by atoms with Gasteiger partial charge in [0.15, 0.2) is 6.10 Å². The van der Waals surface area contributed by atoms with Crippen molar-refractivity contribution in [2.75, 3.05) is 13.1 Å². The number of unbranched alkanes of at least 4 members (excludes halogenated alkanes) is 3. The average molecular weight is 286 g/mol. The molecule has 1 fully saturated rings. The summed E-state index contributed by atoms with van der Waals surface area (Å²) in [6, 6.07) is 0. The fourth-order valence-electron chi connectivity index (χ4n) is 2.91. The number of quaternary nitrogens is 1. The molecule has 4 nitrogen and oxygen atoms in total. The predicted octanol–water partition coefficient (Wildman–Crippen LogP) is 1.61. The molecule has 0 aromatic carbocycles. The first-order chi connectivity index (χ1) is 9.47. The van der Waals surface area contributed by atoms with Crippen molar-refractivity contribution in [3.63, 3.8) is 0 Å². The van der Waals surface area contributed by atoms with Crippen LogP contribution in [0.15, 0.2) is 0 Å². The molecule has 4 heteroatoms. The normalized spacial score (nSPS) is 18.8. The predicted molar refractivity (Wildman–Crippen MR) is 79.3 cm³/mol. The number of hydrogen-bond acceptors (Lipinski definition) is 3. The van der Waals surface area contributed by atoms with Crippen molar-refractivity contribution in [2.45, 2.75) is 77.4 Å². The van der Waals surface area contributed by atoms with Gasteiger partial charge in [0.25, 0.3) is 0 Å². The van der Waals surface area contributed by atoms with Gasteiger partial charge in [-0.1, -0.05) is 32.6 Å². The summed E-state index contributed by atoms with van der Waals surface area (Å²) in [6.07, 6.45) is 6.00. The summed E-state index contributed by atoms with van der Waals surface area (Å²) in [5, 5.41) is 12.2. The Balaban J connectivity index is 2.34. The van der Waals surface area contributed by atoms with Gasteiger partial charge < -0.3 is 15.2 Å². The molecule has 1 aliphatic rings. The van der Waals surface area contributed by atoms with Gasteiger partial charge in [0.1, 0.15) is 5.60 Å². The van der Waals surface area contributed by atoms with Gasteiger partial charge in [0.2, 0.25) is 0 Å². The highest BCUT2D eigenvalue weighted by Crippen LogP contribution is 2.28. The highest BCUT2D eigenvalue weighted by atomic mass is 16.6. The SMILES string of the molecule is CCCCCCC(O)C(=O)OC(C)(C)C1CC[NH2+]CC1. The van der Waals surface area contributed by atoms with E-state index in [1.165, 1.54) is 0 Å². The third-order valence-corrected chi connectivity index (χ3v) is 4.39. The third-order valence-electron chi connectivity index (χ3n) is 4.39. The molecule has 0 amide bonds. The summed E-state index contributed by atoms with van der Waals surface area (Å²) in [4.78, 5) is 12.0. The minimum absolute atomic E-state index is 0.406. The molecule has 118 valence electrons. The molecule has 0 radical (unpaired) electrons. The first kappa shape index (κ1) is 17.4. The Hall–Kier alpha value is -0.610. The molecule has 3 N–H and O–H groups in total. The van der Waals surface area contributed by atoms with Crippen LogP contribution in [-0.4, -0.2) is 35.9 Å². The Bertz CT molecular complexity index is 285. The van der Waals surface area contributed by atoms with Crippen molar-refractivity contribution in [1.29, 1.82) is 0 Å². The van der Waals surface area contributed by atoms with Crippen LogP contribution in [0.2, 0.25) is 0 Å². The molecule has 0 bridgehead atoms. The zero-order valence-electron chi connectivity index (χ0n) is 13.4. The number of hydrogen-bond donors (Lipinski definition) is 2. The highest BCUT2D eigenvalue weighted by Gasteiger charge is 2.36. The second-order valence-corrected chi connectivity index (χ2v) is 6.53. The van der Waals surface area contributed by atoms with Gasteiger partial charge in [-0.05, 0) is 20.3 Å². The molecule has 1 rings (SSSR count). The number of nitrogens with two attached hydrogens (primary N) is 1. The van der Waals surface area contributed by atoms with Crippen molar-refractivity contribution in [3.05, 3.63) is 0 Å². The van der Waals surface area contributed by atoms with Crippen LogP contribution in [0.25, 0.3) is 0 Å². The molecular weight excluding hydrogens is 254 g/mol. The molecule has 1 saturated heterocycles. The van der Waals surface area contributed by atoms with Crippen molar-refractivity contribution in [2.24, 2.45) is 5.92 Å². The lowest BCUT2D eigenvalue weighted by atomic mass is 9.83. The second-order valence-electron chi connectivity index (χ2n) is 6.53. The van der Waals surface area contributed by atoms with E-state index in [0.717, 1.165) is 51.6 Å². The molecule has 1 unspecified atom stereocenters. The maximum atomic E-state index is 12.0. The minimum Gasteiger partial charge on any atom is -0.457 e. The Morgan fingerprint density at radius 1 is 1.30 bits per heavy atom. The molecule has 1 atom stereocenters. The average Bonchev–Trinajstić information content (AvgIpc) is 2.44. The van der Waals surface area contributed by atoms with Crippen molar-refractivity contribution in [3.8, 4) is 0 Å². The van der Waals surface area contributed by atoms with Crippen LogP contribution in [0.1, 0.15) is 65.7 Å². The first-order valence-electron chi connectivity index (χ1n) is 8.20. The molecule has 0 aliphatic carbocycles. The molecule has 0 aromatic rings. The Kier molecular flexibility index (Phi) is 7.52. The second kappa shape index (κ2) is 8.63. The molecule has 0 saturated carbocycles. The number of rotatable bonds is 8.